The number of nitrogens with zero attached hydrogens (tertiary/aromatic N) is 1. The summed E-state index contributed by atoms with van der Waals surface area (Å²) < 4.78 is 20.2. The normalized spacial score (nSPS) is 15.7. The van der Waals surface area contributed by atoms with Gasteiger partial charge in [0.25, 0.3) is 5.91 Å². The Labute approximate surface area is 180 Å². The highest BCUT2D eigenvalue weighted by atomic mass is 19.1. The lowest BCUT2D eigenvalue weighted by molar-refractivity contribution is 0.0687. The molecule has 5 heteroatoms. The second-order valence-electron chi connectivity index (χ2n) is 7.70. The van der Waals surface area contributed by atoms with Gasteiger partial charge in [0.1, 0.15) is 11.6 Å². The van der Waals surface area contributed by atoms with Gasteiger partial charge in [-0.25, -0.2) is 4.39 Å². The Hall–Kier alpha value is -3.60. The lowest BCUT2D eigenvalue weighted by atomic mass is 9.91. The van der Waals surface area contributed by atoms with Crippen LogP contribution in [0.25, 0.3) is 10.9 Å². The van der Waals surface area contributed by atoms with Crippen LogP contribution in [0, 0.1) is 5.82 Å². The summed E-state index contributed by atoms with van der Waals surface area (Å²) in [5, 5.41) is 1.17. The zero-order valence-electron chi connectivity index (χ0n) is 17.3. The van der Waals surface area contributed by atoms with E-state index < -0.39 is 5.82 Å². The summed E-state index contributed by atoms with van der Waals surface area (Å²) in [6, 6.07) is 21.8. The predicted molar refractivity (Wildman–Crippen MR) is 119 cm³/mol. The number of hydrogen-bond acceptors (Lipinski definition) is 2. The summed E-state index contributed by atoms with van der Waals surface area (Å²) in [4.78, 5) is 18.8. The number of para-hydroxylation sites is 1. The van der Waals surface area contributed by atoms with Gasteiger partial charge in [-0.05, 0) is 54.8 Å². The van der Waals surface area contributed by atoms with Crippen molar-refractivity contribution < 1.29 is 13.9 Å². The molecule has 0 saturated heterocycles. The van der Waals surface area contributed by atoms with Crippen molar-refractivity contribution in [2.75, 3.05) is 13.2 Å². The van der Waals surface area contributed by atoms with Crippen molar-refractivity contribution in [3.8, 4) is 5.75 Å². The van der Waals surface area contributed by atoms with E-state index >= 15 is 0 Å². The van der Waals surface area contributed by atoms with Gasteiger partial charge in [0.2, 0.25) is 0 Å². The Morgan fingerprint density at radius 1 is 1.10 bits per heavy atom. The molecule has 4 aromatic rings. The maximum absolute atomic E-state index is 14.5. The number of nitrogens with one attached hydrogen (secondary N) is 1. The number of halogens is 1. The Morgan fingerprint density at radius 2 is 1.90 bits per heavy atom. The van der Waals surface area contributed by atoms with Gasteiger partial charge < -0.3 is 14.6 Å². The molecule has 1 atom stereocenters. The molecular weight excluding hydrogens is 391 g/mol. The molecular formula is C26H23FN2O2. The minimum Gasteiger partial charge on any atom is -0.494 e. The van der Waals surface area contributed by atoms with E-state index in [9.17, 15) is 9.18 Å². The van der Waals surface area contributed by atoms with Gasteiger partial charge in [-0.2, -0.15) is 0 Å². The van der Waals surface area contributed by atoms with E-state index in [0.717, 1.165) is 22.5 Å². The Bertz CT molecular complexity index is 1260. The largest absolute Gasteiger partial charge is 0.494 e. The van der Waals surface area contributed by atoms with Crippen molar-refractivity contribution in [3.63, 3.8) is 0 Å². The summed E-state index contributed by atoms with van der Waals surface area (Å²) in [7, 11) is 0. The third-order valence-electron chi connectivity index (χ3n) is 5.88. The van der Waals surface area contributed by atoms with Gasteiger partial charge in [-0.3, -0.25) is 4.79 Å². The zero-order valence-corrected chi connectivity index (χ0v) is 17.3. The van der Waals surface area contributed by atoms with E-state index in [1.807, 2.05) is 49.4 Å². The van der Waals surface area contributed by atoms with Gasteiger partial charge in [-0.15, -0.1) is 0 Å². The van der Waals surface area contributed by atoms with Crippen LogP contribution in [0.1, 0.15) is 40.1 Å². The van der Waals surface area contributed by atoms with Crippen LogP contribution < -0.4 is 4.74 Å². The molecule has 0 unspecified atom stereocenters. The fraction of sp³-hybridized carbons (Fsp3) is 0.192. The molecule has 1 amide bonds. The smallest absolute Gasteiger partial charge is 0.257 e. The minimum atomic E-state index is -0.503. The number of aromatic nitrogens is 1. The number of hydrogen-bond donors (Lipinski definition) is 1. The minimum absolute atomic E-state index is 0.0908. The number of H-pyrrole nitrogens is 1. The molecule has 0 bridgehead atoms. The fourth-order valence-corrected chi connectivity index (χ4v) is 4.54. The van der Waals surface area contributed by atoms with E-state index in [1.54, 1.807) is 23.1 Å². The summed E-state index contributed by atoms with van der Waals surface area (Å²) in [5.41, 5.74) is 4.25. The van der Waals surface area contributed by atoms with E-state index in [-0.39, 0.29) is 17.5 Å². The first kappa shape index (κ1) is 19.4. The lowest BCUT2D eigenvalue weighted by Crippen LogP contribution is -2.41. The second kappa shape index (κ2) is 7.91. The molecule has 31 heavy (non-hydrogen) atoms. The maximum atomic E-state index is 14.5. The van der Waals surface area contributed by atoms with Gasteiger partial charge in [-0.1, -0.05) is 42.5 Å². The molecule has 3 aromatic carbocycles. The topological polar surface area (TPSA) is 45.3 Å². The highest BCUT2D eigenvalue weighted by Gasteiger charge is 2.35. The first-order valence-electron chi connectivity index (χ1n) is 10.5. The molecule has 0 saturated carbocycles. The second-order valence-corrected chi connectivity index (χ2v) is 7.70. The van der Waals surface area contributed by atoms with Crippen LogP contribution in [0.15, 0.2) is 72.8 Å². The van der Waals surface area contributed by atoms with Crippen molar-refractivity contribution in [3.05, 3.63) is 101 Å². The standard InChI is InChI=1S/C26H23FN2O2/c1-2-31-18-9-7-8-17(16-18)25-24-20(19-10-4-6-13-23(19)28-24)14-15-29(25)26(30)21-11-3-5-12-22(21)27/h3-13,16,25,28H,2,14-15H2,1H3/t25-/m1/s1. The van der Waals surface area contributed by atoms with Crippen LogP contribution in [0.3, 0.4) is 0 Å². The average Bonchev–Trinajstić information content (AvgIpc) is 3.17. The fourth-order valence-electron chi connectivity index (χ4n) is 4.54. The lowest BCUT2D eigenvalue weighted by Gasteiger charge is -2.36. The SMILES string of the molecule is CCOc1cccc([C@@H]2c3[nH]c4ccccc4c3CCN2C(=O)c2ccccc2F)c1. The number of amides is 1. The van der Waals surface area contributed by atoms with Crippen LogP contribution in [0.5, 0.6) is 5.75 Å². The Kier molecular flexibility index (Phi) is 4.94. The molecule has 1 aliphatic rings. The molecule has 4 nitrogen and oxygen atoms in total. The van der Waals surface area contributed by atoms with Crippen LogP contribution in [0.2, 0.25) is 0 Å². The quantitative estimate of drug-likeness (QED) is 0.480. The molecule has 1 aromatic heterocycles. The van der Waals surface area contributed by atoms with E-state index in [4.69, 9.17) is 4.74 Å². The number of carbonyl (C=O) groups is 1. The Balaban J connectivity index is 1.67. The monoisotopic (exact) mass is 414 g/mol. The van der Waals surface area contributed by atoms with Crippen LogP contribution in [-0.2, 0) is 6.42 Å². The molecule has 0 fully saturated rings. The molecule has 1 aliphatic heterocycles. The van der Waals surface area contributed by atoms with E-state index in [0.29, 0.717) is 19.6 Å². The molecule has 156 valence electrons. The maximum Gasteiger partial charge on any atom is 0.257 e. The number of ether oxygens (including phenoxy) is 1. The number of aromatic amines is 1. The van der Waals surface area contributed by atoms with Crippen LogP contribution in [-0.4, -0.2) is 28.9 Å². The highest BCUT2D eigenvalue weighted by molar-refractivity contribution is 5.96. The first-order valence-corrected chi connectivity index (χ1v) is 10.5. The average molecular weight is 414 g/mol. The van der Waals surface area contributed by atoms with Crippen LogP contribution >= 0.6 is 0 Å². The molecule has 1 N–H and O–H groups in total. The Morgan fingerprint density at radius 3 is 2.74 bits per heavy atom. The van der Waals surface area contributed by atoms with Gasteiger partial charge in [0.05, 0.1) is 18.2 Å². The molecule has 0 aliphatic carbocycles. The van der Waals surface area contributed by atoms with Crippen molar-refractivity contribution in [2.45, 2.75) is 19.4 Å². The summed E-state index contributed by atoms with van der Waals surface area (Å²) >= 11 is 0. The van der Waals surface area contributed by atoms with Crippen LogP contribution in [0.4, 0.5) is 4.39 Å². The molecule has 5 rings (SSSR count). The summed E-state index contributed by atoms with van der Waals surface area (Å²) in [5.74, 6) is -0.0625. The number of fused-ring (bicyclic) bond motifs is 3. The summed E-state index contributed by atoms with van der Waals surface area (Å²) in [6.07, 6.45) is 0.710. The molecule has 0 radical (unpaired) electrons. The number of carbonyl (C=O) groups excluding carboxylic acids is 1. The van der Waals surface area contributed by atoms with Crippen molar-refractivity contribution in [1.82, 2.24) is 9.88 Å². The molecule has 2 heterocycles. The predicted octanol–water partition coefficient (Wildman–Crippen LogP) is 5.49. The van der Waals surface area contributed by atoms with Crippen molar-refractivity contribution in [2.24, 2.45) is 0 Å². The molecule has 0 spiro atoms. The summed E-state index contributed by atoms with van der Waals surface area (Å²) in [6.45, 7) is 3.01. The first-order chi connectivity index (χ1) is 15.2. The van der Waals surface area contributed by atoms with Gasteiger partial charge >= 0.3 is 0 Å². The van der Waals surface area contributed by atoms with E-state index in [2.05, 4.69) is 11.1 Å². The van der Waals surface area contributed by atoms with Gasteiger partial charge in [0.15, 0.2) is 0 Å². The van der Waals surface area contributed by atoms with Gasteiger partial charge in [0, 0.05) is 23.1 Å². The third-order valence-corrected chi connectivity index (χ3v) is 5.88. The number of rotatable bonds is 4. The van der Waals surface area contributed by atoms with E-state index in [1.165, 1.54) is 17.0 Å². The van der Waals surface area contributed by atoms with Crippen molar-refractivity contribution in [1.29, 1.82) is 0 Å². The number of benzene rings is 3. The third kappa shape index (κ3) is 3.36. The highest BCUT2D eigenvalue weighted by Crippen LogP contribution is 2.40. The zero-order chi connectivity index (χ0) is 21.4. The van der Waals surface area contributed by atoms with Crippen molar-refractivity contribution >= 4 is 16.8 Å².